The van der Waals surface area contributed by atoms with Gasteiger partial charge in [-0.2, -0.15) is 114 Å². The van der Waals surface area contributed by atoms with Crippen molar-refractivity contribution in [3.63, 3.8) is 0 Å². The van der Waals surface area contributed by atoms with Crippen LogP contribution in [0.2, 0.25) is 0 Å². The highest BCUT2D eigenvalue weighted by Crippen LogP contribution is 2.62. The van der Waals surface area contributed by atoms with E-state index in [1.165, 1.54) is 0 Å². The van der Waals surface area contributed by atoms with Gasteiger partial charge in [-0.25, -0.2) is 0 Å². The molecule has 34 heteroatoms. The Morgan fingerprint density at radius 1 is 0.243 bits per heavy atom. The number of carbonyl (C=O) groups is 4. The van der Waals surface area contributed by atoms with Gasteiger partial charge in [-0.1, -0.05) is 51.4 Å². The van der Waals surface area contributed by atoms with Gasteiger partial charge in [0.05, 0.1) is 65.0 Å². The van der Waals surface area contributed by atoms with Crippen molar-refractivity contribution in [3.05, 3.63) is 0 Å². The Morgan fingerprint density at radius 2 is 0.429 bits per heavy atom. The van der Waals surface area contributed by atoms with Crippen LogP contribution >= 0.6 is 0 Å². The molecule has 0 spiro atoms. The van der Waals surface area contributed by atoms with E-state index in [4.69, 9.17) is 9.47 Å². The number of ether oxygens (including phenoxy) is 4. The number of alkyl halides is 26. The minimum absolute atomic E-state index is 0.184. The predicted octanol–water partition coefficient (Wildman–Crippen LogP) is 12.9. The largest absolute Gasteiger partial charge is 0.466 e. The van der Waals surface area contributed by atoms with E-state index in [-0.39, 0.29) is 13.2 Å². The maximum atomic E-state index is 13.8. The standard InChI is InChI=1S/C36H40F26O8/c37-25(38,27(41,42)29(45,46)31(49,50)33(53,54)35(57,58)59)15-19-69-23(65)13-11-21(63)67-17-9-7-5-3-1-2-4-6-8-10-18-68-22(64)12-14-24(66)70-20-16-26(39,40)28(43,44)30(47,48)32(51,52)34(55,56)36(60,61)62/h1-20H2. The zero-order valence-electron chi connectivity index (χ0n) is 35.2. The second kappa shape index (κ2) is 24.7. The van der Waals surface area contributed by atoms with Gasteiger partial charge in [-0.3, -0.25) is 19.2 Å². The van der Waals surface area contributed by atoms with Gasteiger partial charge in [0.1, 0.15) is 0 Å². The summed E-state index contributed by atoms with van der Waals surface area (Å²) >= 11 is 0. The first-order chi connectivity index (χ1) is 31.3. The van der Waals surface area contributed by atoms with E-state index in [2.05, 4.69) is 9.47 Å². The van der Waals surface area contributed by atoms with Crippen LogP contribution < -0.4 is 0 Å². The molecule has 0 N–H and O–H groups in total. The number of hydrogen-bond acceptors (Lipinski definition) is 8. The molecular weight excluding hydrogens is 1050 g/mol. The van der Waals surface area contributed by atoms with Crippen molar-refractivity contribution in [1.82, 2.24) is 0 Å². The summed E-state index contributed by atoms with van der Waals surface area (Å²) in [6.07, 6.45) is -18.4. The summed E-state index contributed by atoms with van der Waals surface area (Å²) in [6.45, 7) is -4.30. The van der Waals surface area contributed by atoms with Gasteiger partial charge in [-0.05, 0) is 12.8 Å². The van der Waals surface area contributed by atoms with Crippen LogP contribution in [-0.2, 0) is 38.1 Å². The molecule has 0 rings (SSSR count). The van der Waals surface area contributed by atoms with E-state index in [0.717, 1.165) is 12.8 Å². The zero-order valence-corrected chi connectivity index (χ0v) is 35.2. The molecule has 0 aliphatic carbocycles. The Kier molecular flexibility index (Phi) is 23.3. The highest BCUT2D eigenvalue weighted by atomic mass is 19.4. The maximum absolute atomic E-state index is 13.8. The molecule has 0 aromatic carbocycles. The van der Waals surface area contributed by atoms with Crippen molar-refractivity contribution in [2.24, 2.45) is 0 Å². The fourth-order valence-corrected chi connectivity index (χ4v) is 5.19. The minimum Gasteiger partial charge on any atom is -0.466 e. The minimum atomic E-state index is -8.08. The number of carbonyl (C=O) groups excluding carboxylic acids is 4. The first kappa shape index (κ1) is 66.1. The van der Waals surface area contributed by atoms with E-state index in [1.54, 1.807) is 0 Å². The van der Waals surface area contributed by atoms with Crippen molar-refractivity contribution >= 4 is 23.9 Å². The van der Waals surface area contributed by atoms with Crippen LogP contribution in [0.5, 0.6) is 0 Å². The third-order valence-electron chi connectivity index (χ3n) is 9.49. The molecule has 0 aromatic rings. The molecule has 0 bridgehead atoms. The molecule has 70 heavy (non-hydrogen) atoms. The second-order valence-electron chi connectivity index (χ2n) is 14.9. The van der Waals surface area contributed by atoms with Gasteiger partial charge in [-0.15, -0.1) is 0 Å². The van der Waals surface area contributed by atoms with E-state index in [9.17, 15) is 133 Å². The summed E-state index contributed by atoms with van der Waals surface area (Å²) in [6, 6.07) is 0. The highest BCUT2D eigenvalue weighted by molar-refractivity contribution is 5.78. The van der Waals surface area contributed by atoms with Crippen molar-refractivity contribution in [3.8, 4) is 0 Å². The topological polar surface area (TPSA) is 105 Å². The molecule has 414 valence electrons. The summed E-state index contributed by atoms with van der Waals surface area (Å²) in [5.41, 5.74) is 0. The summed E-state index contributed by atoms with van der Waals surface area (Å²) in [5, 5.41) is 0. The molecule has 0 saturated heterocycles. The molecule has 0 saturated carbocycles. The number of esters is 4. The van der Waals surface area contributed by atoms with E-state index >= 15 is 0 Å². The average molecular weight is 1090 g/mol. The van der Waals surface area contributed by atoms with Crippen LogP contribution in [0, 0.1) is 0 Å². The van der Waals surface area contributed by atoms with Crippen molar-refractivity contribution < 1.29 is 152 Å². The molecule has 0 aliphatic rings. The molecule has 0 aliphatic heterocycles. The Balaban J connectivity index is 4.25. The number of unbranched alkanes of at least 4 members (excludes halogenated alkanes) is 9. The molecule has 0 heterocycles. The van der Waals surface area contributed by atoms with Crippen LogP contribution in [0.15, 0.2) is 0 Å². The van der Waals surface area contributed by atoms with Crippen molar-refractivity contribution in [2.45, 2.75) is 174 Å². The molecule has 0 radical (unpaired) electrons. The van der Waals surface area contributed by atoms with Gasteiger partial charge in [0.15, 0.2) is 0 Å². The number of halogens is 26. The van der Waals surface area contributed by atoms with Gasteiger partial charge in [0.2, 0.25) is 0 Å². The van der Waals surface area contributed by atoms with Crippen LogP contribution in [0.3, 0.4) is 0 Å². The van der Waals surface area contributed by atoms with Gasteiger partial charge in [0.25, 0.3) is 0 Å². The van der Waals surface area contributed by atoms with Crippen molar-refractivity contribution in [2.75, 3.05) is 26.4 Å². The zero-order chi connectivity index (χ0) is 55.3. The van der Waals surface area contributed by atoms with Gasteiger partial charge >= 0.3 is 95.5 Å². The lowest BCUT2D eigenvalue weighted by Crippen LogP contribution is -2.70. The summed E-state index contributed by atoms with van der Waals surface area (Å²) in [5.74, 6) is -81.3. The van der Waals surface area contributed by atoms with Crippen LogP contribution in [-0.4, -0.2) is 122 Å². The molecule has 0 amide bonds. The quantitative estimate of drug-likeness (QED) is 0.0277. The summed E-state index contributed by atoms with van der Waals surface area (Å²) < 4.78 is 359. The Labute approximate surface area is 377 Å². The summed E-state index contributed by atoms with van der Waals surface area (Å²) in [4.78, 5) is 46.6. The Morgan fingerprint density at radius 3 is 0.643 bits per heavy atom. The normalized spacial score (nSPS) is 14.4. The van der Waals surface area contributed by atoms with E-state index in [1.807, 2.05) is 0 Å². The summed E-state index contributed by atoms with van der Waals surface area (Å²) in [7, 11) is 0. The van der Waals surface area contributed by atoms with Gasteiger partial charge < -0.3 is 18.9 Å². The Bertz CT molecular complexity index is 1560. The lowest BCUT2D eigenvalue weighted by Gasteiger charge is -2.39. The third-order valence-corrected chi connectivity index (χ3v) is 9.49. The maximum Gasteiger partial charge on any atom is 0.460 e. The highest BCUT2D eigenvalue weighted by Gasteiger charge is 2.92. The van der Waals surface area contributed by atoms with E-state index in [0.29, 0.717) is 51.4 Å². The number of hydrogen-bond donors (Lipinski definition) is 0. The molecule has 0 atom stereocenters. The first-order valence-corrected chi connectivity index (χ1v) is 19.8. The average Bonchev–Trinajstić information content (AvgIpc) is 3.20. The smallest absolute Gasteiger partial charge is 0.460 e. The SMILES string of the molecule is O=C(CCC(=O)OCCC(F)(F)C(F)(F)C(F)(F)C(F)(F)C(F)(F)C(F)(F)F)OCCCCCCCCCCCCOC(=O)CCC(=O)OCCC(F)(F)C(F)(F)C(F)(F)C(F)(F)C(F)(F)C(F)(F)F. The monoisotopic (exact) mass is 1090 g/mol. The first-order valence-electron chi connectivity index (χ1n) is 19.8. The van der Waals surface area contributed by atoms with E-state index < -0.39 is 147 Å². The third kappa shape index (κ3) is 15.8. The fourth-order valence-electron chi connectivity index (χ4n) is 5.19. The molecule has 0 fully saturated rings. The lowest BCUT2D eigenvalue weighted by molar-refractivity contribution is -0.440. The fraction of sp³-hybridized carbons (Fsp3) is 0.889. The molecule has 8 nitrogen and oxygen atoms in total. The number of rotatable bonds is 33. The Hall–Kier alpha value is -3.94. The molecule has 0 aromatic heterocycles. The predicted molar refractivity (Wildman–Crippen MR) is 179 cm³/mol. The lowest BCUT2D eigenvalue weighted by atomic mass is 9.93. The molecule has 0 unspecified atom stereocenters. The second-order valence-corrected chi connectivity index (χ2v) is 14.9. The van der Waals surface area contributed by atoms with Crippen LogP contribution in [0.1, 0.15) is 103 Å². The molecular formula is C36H40F26O8. The van der Waals surface area contributed by atoms with Crippen LogP contribution in [0.25, 0.3) is 0 Å². The van der Waals surface area contributed by atoms with Crippen molar-refractivity contribution in [1.29, 1.82) is 0 Å². The van der Waals surface area contributed by atoms with Gasteiger partial charge in [0, 0.05) is 0 Å². The van der Waals surface area contributed by atoms with Crippen LogP contribution in [0.4, 0.5) is 114 Å².